The minimum absolute atomic E-state index is 0.0545. The van der Waals surface area contributed by atoms with Crippen LogP contribution in [0.1, 0.15) is 6.92 Å². The lowest BCUT2D eigenvalue weighted by atomic mass is 10.3. The number of halogens is 2. The number of rotatable bonds is 6. The van der Waals surface area contributed by atoms with Gasteiger partial charge < -0.3 is 14.8 Å². The quantitative estimate of drug-likeness (QED) is 0.794. The second kappa shape index (κ2) is 8.01. The predicted octanol–water partition coefficient (Wildman–Crippen LogP) is 4.10. The standard InChI is InChI=1S/C17H17F2NO3S/c1-10(17(21)20-14-6-4-11(18)8-13(14)19)24-12-5-7-15(22-2)16(9-12)23-3/h4-10H,1-3H3,(H,20,21)/t10-/m1/s1. The molecule has 0 aliphatic heterocycles. The first-order chi connectivity index (χ1) is 11.4. The predicted molar refractivity (Wildman–Crippen MR) is 89.9 cm³/mol. The molecule has 1 amide bonds. The largest absolute Gasteiger partial charge is 0.493 e. The summed E-state index contributed by atoms with van der Waals surface area (Å²) in [4.78, 5) is 13.0. The van der Waals surface area contributed by atoms with Crippen LogP contribution in [-0.4, -0.2) is 25.4 Å². The highest BCUT2D eigenvalue weighted by Crippen LogP contribution is 2.33. The molecule has 4 nitrogen and oxygen atoms in total. The fraction of sp³-hybridized carbons (Fsp3) is 0.235. The first-order valence-corrected chi connectivity index (χ1v) is 7.97. The molecule has 1 N–H and O–H groups in total. The molecule has 128 valence electrons. The number of carbonyl (C=O) groups is 1. The Morgan fingerprint density at radius 3 is 2.42 bits per heavy atom. The number of methoxy groups -OCH3 is 2. The average Bonchev–Trinajstić information content (AvgIpc) is 2.57. The minimum Gasteiger partial charge on any atom is -0.493 e. The summed E-state index contributed by atoms with van der Waals surface area (Å²) >= 11 is 1.28. The van der Waals surface area contributed by atoms with Gasteiger partial charge in [0, 0.05) is 11.0 Å². The van der Waals surface area contributed by atoms with E-state index < -0.39 is 16.9 Å². The normalized spacial score (nSPS) is 11.7. The number of hydrogen-bond acceptors (Lipinski definition) is 4. The van der Waals surface area contributed by atoms with E-state index in [-0.39, 0.29) is 11.6 Å². The fourth-order valence-electron chi connectivity index (χ4n) is 1.97. The van der Waals surface area contributed by atoms with Crippen molar-refractivity contribution in [2.45, 2.75) is 17.1 Å². The van der Waals surface area contributed by atoms with Crippen molar-refractivity contribution in [2.24, 2.45) is 0 Å². The number of amides is 1. The van der Waals surface area contributed by atoms with Gasteiger partial charge in [-0.25, -0.2) is 8.78 Å². The number of benzene rings is 2. The zero-order valence-electron chi connectivity index (χ0n) is 13.4. The molecule has 24 heavy (non-hydrogen) atoms. The summed E-state index contributed by atoms with van der Waals surface area (Å²) in [5, 5.41) is 1.96. The van der Waals surface area contributed by atoms with E-state index in [1.807, 2.05) is 0 Å². The maximum absolute atomic E-state index is 13.6. The lowest BCUT2D eigenvalue weighted by Crippen LogP contribution is -2.23. The highest BCUT2D eigenvalue weighted by molar-refractivity contribution is 8.00. The van der Waals surface area contributed by atoms with Gasteiger partial charge in [-0.3, -0.25) is 4.79 Å². The van der Waals surface area contributed by atoms with Crippen LogP contribution in [0.5, 0.6) is 11.5 Å². The Kier molecular flexibility index (Phi) is 6.03. The number of nitrogens with one attached hydrogen (secondary N) is 1. The summed E-state index contributed by atoms with van der Waals surface area (Å²) in [5.41, 5.74) is -0.0545. The highest BCUT2D eigenvalue weighted by atomic mass is 32.2. The van der Waals surface area contributed by atoms with Gasteiger partial charge in [0.1, 0.15) is 11.6 Å². The third-order valence-corrected chi connectivity index (χ3v) is 4.32. The fourth-order valence-corrected chi connectivity index (χ4v) is 2.87. The average molecular weight is 353 g/mol. The van der Waals surface area contributed by atoms with Crippen molar-refractivity contribution in [3.8, 4) is 11.5 Å². The van der Waals surface area contributed by atoms with Gasteiger partial charge in [0.2, 0.25) is 5.91 Å². The number of thioether (sulfide) groups is 1. The molecule has 0 unspecified atom stereocenters. The van der Waals surface area contributed by atoms with Crippen molar-refractivity contribution in [1.82, 2.24) is 0 Å². The van der Waals surface area contributed by atoms with Crippen molar-refractivity contribution in [2.75, 3.05) is 19.5 Å². The summed E-state index contributed by atoms with van der Waals surface area (Å²) in [7, 11) is 3.07. The smallest absolute Gasteiger partial charge is 0.237 e. The number of ether oxygens (including phenoxy) is 2. The Hall–Kier alpha value is -2.28. The first-order valence-electron chi connectivity index (χ1n) is 7.09. The lowest BCUT2D eigenvalue weighted by Gasteiger charge is -2.14. The molecule has 0 fully saturated rings. The molecular formula is C17H17F2NO3S. The zero-order chi connectivity index (χ0) is 17.7. The van der Waals surface area contributed by atoms with Crippen LogP contribution in [0.4, 0.5) is 14.5 Å². The summed E-state index contributed by atoms with van der Waals surface area (Å²) in [5.74, 6) is -0.753. The molecule has 0 saturated carbocycles. The Bertz CT molecular complexity index is 740. The first kappa shape index (κ1) is 18.1. The van der Waals surface area contributed by atoms with Gasteiger partial charge in [0.25, 0.3) is 0 Å². The van der Waals surface area contributed by atoms with E-state index in [0.29, 0.717) is 11.5 Å². The third-order valence-electron chi connectivity index (χ3n) is 3.23. The number of anilines is 1. The van der Waals surface area contributed by atoms with Gasteiger partial charge >= 0.3 is 0 Å². The molecule has 1 atom stereocenters. The topological polar surface area (TPSA) is 47.6 Å². The zero-order valence-corrected chi connectivity index (χ0v) is 14.2. The molecule has 0 saturated heterocycles. The second-order valence-electron chi connectivity index (χ2n) is 4.89. The van der Waals surface area contributed by atoms with Gasteiger partial charge in [-0.1, -0.05) is 0 Å². The van der Waals surface area contributed by atoms with Gasteiger partial charge in [-0.05, 0) is 37.3 Å². The van der Waals surface area contributed by atoms with Crippen molar-refractivity contribution >= 4 is 23.4 Å². The lowest BCUT2D eigenvalue weighted by molar-refractivity contribution is -0.115. The van der Waals surface area contributed by atoms with Crippen LogP contribution in [0.3, 0.4) is 0 Å². The van der Waals surface area contributed by atoms with Crippen molar-refractivity contribution in [3.63, 3.8) is 0 Å². The van der Waals surface area contributed by atoms with Crippen molar-refractivity contribution < 1.29 is 23.0 Å². The Morgan fingerprint density at radius 1 is 1.08 bits per heavy atom. The van der Waals surface area contributed by atoms with Gasteiger partial charge in [-0.15, -0.1) is 11.8 Å². The number of carbonyl (C=O) groups excluding carboxylic acids is 1. The van der Waals surface area contributed by atoms with E-state index in [1.165, 1.54) is 32.0 Å². The molecule has 0 aliphatic carbocycles. The molecule has 2 rings (SSSR count). The number of hydrogen-bond donors (Lipinski definition) is 1. The van der Waals surface area contributed by atoms with E-state index in [1.54, 1.807) is 25.1 Å². The van der Waals surface area contributed by atoms with E-state index in [0.717, 1.165) is 17.0 Å². The van der Waals surface area contributed by atoms with Crippen molar-refractivity contribution in [3.05, 3.63) is 48.0 Å². The van der Waals surface area contributed by atoms with Crippen LogP contribution < -0.4 is 14.8 Å². The van der Waals surface area contributed by atoms with Crippen LogP contribution >= 0.6 is 11.8 Å². The van der Waals surface area contributed by atoms with Crippen LogP contribution in [0, 0.1) is 11.6 Å². The van der Waals surface area contributed by atoms with Crippen LogP contribution in [-0.2, 0) is 4.79 Å². The Labute approximate surface area is 143 Å². The maximum atomic E-state index is 13.6. The van der Waals surface area contributed by atoms with Crippen LogP contribution in [0.25, 0.3) is 0 Å². The van der Waals surface area contributed by atoms with E-state index in [9.17, 15) is 13.6 Å². The Balaban J connectivity index is 2.06. The van der Waals surface area contributed by atoms with Crippen LogP contribution in [0.15, 0.2) is 41.3 Å². The molecule has 0 aromatic heterocycles. The molecule has 2 aromatic carbocycles. The van der Waals surface area contributed by atoms with Gasteiger partial charge in [0.15, 0.2) is 11.5 Å². The molecule has 0 aliphatic rings. The molecule has 0 bridgehead atoms. The summed E-state index contributed by atoms with van der Waals surface area (Å²) in [6, 6.07) is 8.30. The second-order valence-corrected chi connectivity index (χ2v) is 6.30. The monoisotopic (exact) mass is 353 g/mol. The summed E-state index contributed by atoms with van der Waals surface area (Å²) in [6.45, 7) is 1.69. The minimum atomic E-state index is -0.813. The van der Waals surface area contributed by atoms with E-state index in [2.05, 4.69) is 5.32 Å². The SMILES string of the molecule is COc1ccc(S[C@H](C)C(=O)Nc2ccc(F)cc2F)cc1OC. The van der Waals surface area contributed by atoms with Crippen molar-refractivity contribution in [1.29, 1.82) is 0 Å². The molecule has 7 heteroatoms. The van der Waals surface area contributed by atoms with E-state index in [4.69, 9.17) is 9.47 Å². The van der Waals surface area contributed by atoms with E-state index >= 15 is 0 Å². The van der Waals surface area contributed by atoms with Gasteiger partial charge in [-0.2, -0.15) is 0 Å². The summed E-state index contributed by atoms with van der Waals surface area (Å²) < 4.78 is 36.9. The summed E-state index contributed by atoms with van der Waals surface area (Å²) in [6.07, 6.45) is 0. The maximum Gasteiger partial charge on any atom is 0.237 e. The molecule has 0 spiro atoms. The Morgan fingerprint density at radius 2 is 1.79 bits per heavy atom. The molecule has 0 radical (unpaired) electrons. The molecule has 2 aromatic rings. The molecular weight excluding hydrogens is 336 g/mol. The molecule has 0 heterocycles. The third kappa shape index (κ3) is 4.38. The highest BCUT2D eigenvalue weighted by Gasteiger charge is 2.17. The van der Waals surface area contributed by atoms with Crippen LogP contribution in [0.2, 0.25) is 0 Å². The van der Waals surface area contributed by atoms with Gasteiger partial charge in [0.05, 0.1) is 25.2 Å².